The number of rotatable bonds is 4. The molecule has 3 N–H and O–H groups in total. The van der Waals surface area contributed by atoms with Crippen molar-refractivity contribution < 1.29 is 0 Å². The fraction of sp³-hybridized carbons (Fsp3) is 0. The number of hydrazone groups is 1. The Labute approximate surface area is 178 Å². The predicted octanol–water partition coefficient (Wildman–Crippen LogP) is 5.70. The first kappa shape index (κ1) is 18.9. The molecular formula is C19H13Cl2N5S2. The summed E-state index contributed by atoms with van der Waals surface area (Å²) >= 11 is 15.4. The van der Waals surface area contributed by atoms with E-state index in [9.17, 15) is 0 Å². The number of halogens is 2. The molecule has 0 aliphatic rings. The van der Waals surface area contributed by atoms with E-state index in [1.54, 1.807) is 35.1 Å². The molecule has 0 spiro atoms. The summed E-state index contributed by atoms with van der Waals surface area (Å²) in [6.45, 7) is 0. The Morgan fingerprint density at radius 3 is 2.07 bits per heavy atom. The molecule has 0 aliphatic carbocycles. The van der Waals surface area contributed by atoms with Gasteiger partial charge in [-0.3, -0.25) is 0 Å². The van der Waals surface area contributed by atoms with Gasteiger partial charge in [-0.15, -0.1) is 27.8 Å². The van der Waals surface area contributed by atoms with Crippen molar-refractivity contribution in [2.75, 3.05) is 0 Å². The second-order valence-electron chi connectivity index (χ2n) is 5.76. The molecule has 0 atom stereocenters. The number of nitrogens with zero attached hydrogens (tertiary/aromatic N) is 3. The van der Waals surface area contributed by atoms with E-state index in [-0.39, 0.29) is 5.96 Å². The van der Waals surface area contributed by atoms with Crippen LogP contribution < -0.4 is 11.2 Å². The van der Waals surface area contributed by atoms with Crippen molar-refractivity contribution in [2.24, 2.45) is 21.0 Å². The van der Waals surface area contributed by atoms with Gasteiger partial charge >= 0.3 is 0 Å². The van der Waals surface area contributed by atoms with Crippen LogP contribution in [0.4, 0.5) is 0 Å². The third-order valence-corrected chi connectivity index (χ3v) is 6.31. The van der Waals surface area contributed by atoms with Crippen LogP contribution in [0.3, 0.4) is 0 Å². The van der Waals surface area contributed by atoms with E-state index in [1.807, 2.05) is 47.2 Å². The minimum atomic E-state index is 0.0858. The molecule has 140 valence electrons. The average molecular weight is 446 g/mol. The topological polar surface area (TPSA) is 75.1 Å². The second-order valence-corrected chi connectivity index (χ2v) is 8.46. The van der Waals surface area contributed by atoms with E-state index in [0.29, 0.717) is 10.0 Å². The molecule has 0 radical (unpaired) electrons. The number of nitrogens with two attached hydrogens (primary N) is 1. The minimum absolute atomic E-state index is 0.0858. The van der Waals surface area contributed by atoms with Gasteiger partial charge in [0.1, 0.15) is 0 Å². The molecule has 0 saturated carbocycles. The number of hydrogen-bond donors (Lipinski definition) is 2. The number of hydrogen-bond acceptors (Lipinski definition) is 5. The van der Waals surface area contributed by atoms with Gasteiger partial charge in [-0.1, -0.05) is 23.2 Å². The van der Waals surface area contributed by atoms with E-state index in [4.69, 9.17) is 28.9 Å². The van der Waals surface area contributed by atoms with Crippen molar-refractivity contribution in [2.45, 2.75) is 0 Å². The summed E-state index contributed by atoms with van der Waals surface area (Å²) in [5, 5.41) is 19.5. The SMILES string of the molecule is N/C(=N\N=C\c1csc2ccc(Cl)cc12)N/N=C/c1csc2ccc(Cl)cc12. The lowest BCUT2D eigenvalue weighted by Gasteiger charge is -1.96. The molecule has 2 heterocycles. The normalized spacial score (nSPS) is 12.7. The highest BCUT2D eigenvalue weighted by molar-refractivity contribution is 7.17. The highest BCUT2D eigenvalue weighted by atomic mass is 35.5. The maximum atomic E-state index is 6.06. The fourth-order valence-corrected chi connectivity index (χ4v) is 4.71. The first-order chi connectivity index (χ1) is 13.6. The standard InChI is InChI=1S/C19H13Cl2N5S2/c20-13-1-3-17-15(5-13)11(9-27-17)7-23-25-19(22)26-24-8-12-10-28-18-4-2-14(21)6-16(12)18/h1-10H,(H3,22,25,26)/b23-7+,24-8+. The summed E-state index contributed by atoms with van der Waals surface area (Å²) < 4.78 is 2.27. The van der Waals surface area contributed by atoms with Crippen LogP contribution in [0.2, 0.25) is 10.0 Å². The molecular weight excluding hydrogens is 433 g/mol. The van der Waals surface area contributed by atoms with Crippen LogP contribution in [-0.4, -0.2) is 18.4 Å². The Morgan fingerprint density at radius 1 is 0.893 bits per heavy atom. The average Bonchev–Trinajstić information content (AvgIpc) is 3.26. The molecule has 0 amide bonds. The van der Waals surface area contributed by atoms with Gasteiger partial charge in [-0.05, 0) is 36.4 Å². The summed E-state index contributed by atoms with van der Waals surface area (Å²) in [7, 11) is 0. The van der Waals surface area contributed by atoms with Gasteiger partial charge in [0.2, 0.25) is 5.96 Å². The lowest BCUT2D eigenvalue weighted by atomic mass is 10.2. The summed E-state index contributed by atoms with van der Waals surface area (Å²) in [6.07, 6.45) is 3.32. The zero-order valence-corrected chi connectivity index (χ0v) is 17.4. The van der Waals surface area contributed by atoms with Crippen LogP contribution >= 0.6 is 45.9 Å². The van der Waals surface area contributed by atoms with Crippen molar-refractivity contribution >= 4 is 84.4 Å². The zero-order valence-electron chi connectivity index (χ0n) is 14.3. The fourth-order valence-electron chi connectivity index (χ4n) is 2.59. The summed E-state index contributed by atoms with van der Waals surface area (Å²) in [5.41, 5.74) is 10.3. The molecule has 9 heteroatoms. The van der Waals surface area contributed by atoms with Crippen molar-refractivity contribution in [1.29, 1.82) is 0 Å². The number of thiophene rings is 2. The number of benzene rings is 2. The molecule has 0 bridgehead atoms. The summed E-state index contributed by atoms with van der Waals surface area (Å²) in [6, 6.07) is 11.5. The van der Waals surface area contributed by atoms with Crippen LogP contribution in [0.5, 0.6) is 0 Å². The minimum Gasteiger partial charge on any atom is -0.367 e. The molecule has 2 aromatic heterocycles. The molecule has 0 fully saturated rings. The van der Waals surface area contributed by atoms with Crippen LogP contribution in [0, 0.1) is 0 Å². The van der Waals surface area contributed by atoms with Crippen LogP contribution in [-0.2, 0) is 0 Å². The van der Waals surface area contributed by atoms with Gasteiger partial charge in [0.05, 0.1) is 12.4 Å². The van der Waals surface area contributed by atoms with E-state index in [0.717, 1.165) is 31.3 Å². The molecule has 5 nitrogen and oxygen atoms in total. The maximum absolute atomic E-state index is 6.06. The van der Waals surface area contributed by atoms with Gasteiger partial charge in [0, 0.05) is 52.1 Å². The number of guanidine groups is 1. The molecule has 0 unspecified atom stereocenters. The Kier molecular flexibility index (Phi) is 5.59. The smallest absolute Gasteiger partial charge is 0.234 e. The number of nitrogens with one attached hydrogen (secondary N) is 1. The molecule has 0 aliphatic heterocycles. The maximum Gasteiger partial charge on any atom is 0.234 e. The lowest BCUT2D eigenvalue weighted by Crippen LogP contribution is -2.26. The highest BCUT2D eigenvalue weighted by Gasteiger charge is 2.03. The Bertz CT molecular complexity index is 1240. The monoisotopic (exact) mass is 445 g/mol. The number of fused-ring (bicyclic) bond motifs is 2. The van der Waals surface area contributed by atoms with Gasteiger partial charge in [-0.25, -0.2) is 5.43 Å². The molecule has 28 heavy (non-hydrogen) atoms. The highest BCUT2D eigenvalue weighted by Crippen LogP contribution is 2.28. The molecule has 0 saturated heterocycles. The van der Waals surface area contributed by atoms with Crippen LogP contribution in [0.25, 0.3) is 20.2 Å². The van der Waals surface area contributed by atoms with Crippen LogP contribution in [0.15, 0.2) is 62.5 Å². The van der Waals surface area contributed by atoms with Crippen LogP contribution in [0.1, 0.15) is 11.1 Å². The van der Waals surface area contributed by atoms with E-state index < -0.39 is 0 Å². The quantitative estimate of drug-likeness (QED) is 0.240. The van der Waals surface area contributed by atoms with Gasteiger partial charge in [0.25, 0.3) is 0 Å². The largest absolute Gasteiger partial charge is 0.367 e. The van der Waals surface area contributed by atoms with Gasteiger partial charge < -0.3 is 5.73 Å². The van der Waals surface area contributed by atoms with Gasteiger partial charge in [0.15, 0.2) is 0 Å². The molecule has 4 rings (SSSR count). The Balaban J connectivity index is 1.44. The second kappa shape index (κ2) is 8.28. The molecule has 4 aromatic rings. The predicted molar refractivity (Wildman–Crippen MR) is 124 cm³/mol. The summed E-state index contributed by atoms with van der Waals surface area (Å²) in [4.78, 5) is 0. The first-order valence-electron chi connectivity index (χ1n) is 8.09. The Hall–Kier alpha value is -2.45. The van der Waals surface area contributed by atoms with E-state index in [1.165, 1.54) is 0 Å². The third-order valence-electron chi connectivity index (χ3n) is 3.88. The lowest BCUT2D eigenvalue weighted by molar-refractivity contribution is 0.994. The third kappa shape index (κ3) is 4.18. The van der Waals surface area contributed by atoms with E-state index >= 15 is 0 Å². The zero-order chi connectivity index (χ0) is 19.5. The molecule has 2 aromatic carbocycles. The Morgan fingerprint density at radius 2 is 1.46 bits per heavy atom. The van der Waals surface area contributed by atoms with Crippen molar-refractivity contribution in [3.05, 3.63) is 68.3 Å². The summed E-state index contributed by atoms with van der Waals surface area (Å²) in [5.74, 6) is 0.0858. The van der Waals surface area contributed by atoms with Crippen molar-refractivity contribution in [3.8, 4) is 0 Å². The van der Waals surface area contributed by atoms with Crippen molar-refractivity contribution in [3.63, 3.8) is 0 Å². The first-order valence-corrected chi connectivity index (χ1v) is 10.6. The van der Waals surface area contributed by atoms with Crippen molar-refractivity contribution in [1.82, 2.24) is 5.43 Å². The van der Waals surface area contributed by atoms with Gasteiger partial charge in [-0.2, -0.15) is 10.2 Å². The van der Waals surface area contributed by atoms with E-state index in [2.05, 4.69) is 20.7 Å².